The molecule has 0 fully saturated rings. The van der Waals surface area contributed by atoms with Gasteiger partial charge in [0.15, 0.2) is 0 Å². The van der Waals surface area contributed by atoms with E-state index in [1.165, 1.54) is 98.0 Å². The monoisotopic (exact) mass is 733 g/mol. The third-order valence-electron chi connectivity index (χ3n) is 12.2. The molecule has 1 nitrogen and oxygen atoms in total. The van der Waals surface area contributed by atoms with E-state index in [9.17, 15) is 0 Å². The summed E-state index contributed by atoms with van der Waals surface area (Å²) in [6, 6.07) is 77.9. The SMILES string of the molecule is c1ccc2c(-c3c4ccccc4c(-c4cccc5ccccc45)c4cc(-c5ccc6cc(-c7ccc8ccc9ccccc9c8n7)ccc6c5)ccc34)cccc2c1. The molecule has 12 rings (SSSR count). The van der Waals surface area contributed by atoms with Crippen LogP contribution in [-0.2, 0) is 0 Å². The van der Waals surface area contributed by atoms with Crippen LogP contribution in [-0.4, -0.2) is 4.98 Å². The molecule has 0 bridgehead atoms. The average molecular weight is 734 g/mol. The van der Waals surface area contributed by atoms with Crippen LogP contribution in [0.15, 0.2) is 212 Å². The largest absolute Gasteiger partial charge is 0.247 e. The molecule has 0 radical (unpaired) electrons. The fourth-order valence-corrected chi connectivity index (χ4v) is 9.43. The van der Waals surface area contributed by atoms with E-state index in [2.05, 4.69) is 212 Å². The molecule has 0 aliphatic rings. The normalized spacial score (nSPS) is 11.8. The van der Waals surface area contributed by atoms with Crippen molar-refractivity contribution in [2.75, 3.05) is 0 Å². The fraction of sp³-hybridized carbons (Fsp3) is 0. The van der Waals surface area contributed by atoms with Crippen LogP contribution < -0.4 is 0 Å². The zero-order valence-electron chi connectivity index (χ0n) is 31.7. The Morgan fingerprint density at radius 2 is 0.672 bits per heavy atom. The molecule has 0 atom stereocenters. The number of fused-ring (bicyclic) bond motifs is 8. The minimum Gasteiger partial charge on any atom is -0.247 e. The fourth-order valence-electron chi connectivity index (χ4n) is 9.43. The van der Waals surface area contributed by atoms with E-state index < -0.39 is 0 Å². The molecule has 11 aromatic carbocycles. The van der Waals surface area contributed by atoms with Crippen molar-refractivity contribution in [1.82, 2.24) is 4.98 Å². The predicted molar refractivity (Wildman–Crippen MR) is 249 cm³/mol. The number of benzene rings is 11. The van der Waals surface area contributed by atoms with E-state index in [1.54, 1.807) is 0 Å². The van der Waals surface area contributed by atoms with E-state index in [0.29, 0.717) is 0 Å². The maximum absolute atomic E-state index is 5.19. The van der Waals surface area contributed by atoms with Gasteiger partial charge in [0.25, 0.3) is 0 Å². The van der Waals surface area contributed by atoms with Crippen LogP contribution in [0.25, 0.3) is 120 Å². The first kappa shape index (κ1) is 32.6. The van der Waals surface area contributed by atoms with Gasteiger partial charge >= 0.3 is 0 Å². The summed E-state index contributed by atoms with van der Waals surface area (Å²) in [5, 5.41) is 16.0. The first-order valence-electron chi connectivity index (χ1n) is 20.0. The van der Waals surface area contributed by atoms with E-state index in [0.717, 1.165) is 22.2 Å². The van der Waals surface area contributed by atoms with Crippen LogP contribution in [0.4, 0.5) is 0 Å². The Morgan fingerprint density at radius 1 is 0.241 bits per heavy atom. The second-order valence-corrected chi connectivity index (χ2v) is 15.4. The highest BCUT2D eigenvalue weighted by Gasteiger charge is 2.20. The number of hydrogen-bond donors (Lipinski definition) is 0. The molecule has 0 aliphatic carbocycles. The third kappa shape index (κ3) is 5.14. The second-order valence-electron chi connectivity index (χ2n) is 15.4. The van der Waals surface area contributed by atoms with E-state index in [-0.39, 0.29) is 0 Å². The van der Waals surface area contributed by atoms with Gasteiger partial charge in [-0.2, -0.15) is 0 Å². The number of hydrogen-bond acceptors (Lipinski definition) is 1. The number of nitrogens with zero attached hydrogens (tertiary/aromatic N) is 1. The van der Waals surface area contributed by atoms with E-state index >= 15 is 0 Å². The Morgan fingerprint density at radius 3 is 1.34 bits per heavy atom. The van der Waals surface area contributed by atoms with Crippen LogP contribution >= 0.6 is 0 Å². The molecule has 0 amide bonds. The van der Waals surface area contributed by atoms with Gasteiger partial charge in [-0.25, -0.2) is 4.98 Å². The minimum absolute atomic E-state index is 0.986. The van der Waals surface area contributed by atoms with E-state index in [1.807, 2.05) is 0 Å². The summed E-state index contributed by atoms with van der Waals surface area (Å²) in [4.78, 5) is 5.19. The summed E-state index contributed by atoms with van der Waals surface area (Å²) in [5.74, 6) is 0. The van der Waals surface area contributed by atoms with Gasteiger partial charge in [0, 0.05) is 16.3 Å². The van der Waals surface area contributed by atoms with Gasteiger partial charge in [0.05, 0.1) is 11.2 Å². The smallest absolute Gasteiger partial charge is 0.0787 e. The summed E-state index contributed by atoms with van der Waals surface area (Å²) in [7, 11) is 0. The molecule has 0 N–H and O–H groups in total. The highest BCUT2D eigenvalue weighted by atomic mass is 14.7. The molecule has 0 saturated carbocycles. The van der Waals surface area contributed by atoms with Crippen molar-refractivity contribution < 1.29 is 0 Å². The van der Waals surface area contributed by atoms with Crippen molar-refractivity contribution in [2.24, 2.45) is 0 Å². The summed E-state index contributed by atoms with van der Waals surface area (Å²) < 4.78 is 0. The number of aromatic nitrogens is 1. The second kappa shape index (κ2) is 13.0. The van der Waals surface area contributed by atoms with Gasteiger partial charge in [0.1, 0.15) is 0 Å². The zero-order chi connectivity index (χ0) is 38.2. The molecule has 1 heteroatoms. The lowest BCUT2D eigenvalue weighted by Gasteiger charge is -2.20. The van der Waals surface area contributed by atoms with Gasteiger partial charge in [-0.15, -0.1) is 0 Å². The van der Waals surface area contributed by atoms with E-state index in [4.69, 9.17) is 4.98 Å². The molecule has 58 heavy (non-hydrogen) atoms. The van der Waals surface area contributed by atoms with Crippen molar-refractivity contribution in [3.05, 3.63) is 212 Å². The van der Waals surface area contributed by atoms with Crippen molar-refractivity contribution in [2.45, 2.75) is 0 Å². The standard InChI is InChI=1S/C57H35N/c1-4-16-45-36(11-1)14-9-21-48(45)55-50-19-7-8-20-51(50)56(49-22-10-15-37-12-2-5-17-46(37)49)53-35-43(29-31-52(53)55)41-25-26-42-34-44(28-27-40(42)33-41)54-32-30-39-24-23-38-13-3-6-18-47(38)57(39)58-54/h1-35H. The number of pyridine rings is 1. The quantitative estimate of drug-likeness (QED) is 0.130. The molecule has 0 unspecified atom stereocenters. The Balaban J connectivity index is 1.06. The Bertz CT molecular complexity index is 3620. The molecule has 1 aromatic heterocycles. The first-order chi connectivity index (χ1) is 28.7. The van der Waals surface area contributed by atoms with Crippen LogP contribution in [0.2, 0.25) is 0 Å². The molecular formula is C57H35N. The molecule has 0 saturated heterocycles. The lowest BCUT2D eigenvalue weighted by molar-refractivity contribution is 1.42. The summed E-state index contributed by atoms with van der Waals surface area (Å²) in [5.41, 5.74) is 10.6. The third-order valence-corrected chi connectivity index (χ3v) is 12.2. The van der Waals surface area contributed by atoms with Gasteiger partial charge in [-0.1, -0.05) is 188 Å². The van der Waals surface area contributed by atoms with Crippen LogP contribution in [0.1, 0.15) is 0 Å². The Kier molecular flexibility index (Phi) is 7.30. The molecule has 268 valence electrons. The Hall–Kier alpha value is -7.61. The molecular weight excluding hydrogens is 699 g/mol. The molecule has 0 aliphatic heterocycles. The molecule has 1 heterocycles. The Labute approximate surface area is 336 Å². The average Bonchev–Trinajstić information content (AvgIpc) is 3.29. The van der Waals surface area contributed by atoms with Crippen LogP contribution in [0, 0.1) is 0 Å². The summed E-state index contributed by atoms with van der Waals surface area (Å²) in [6.07, 6.45) is 0. The highest BCUT2D eigenvalue weighted by molar-refractivity contribution is 6.25. The lowest BCUT2D eigenvalue weighted by Crippen LogP contribution is -1.93. The van der Waals surface area contributed by atoms with Crippen LogP contribution in [0.3, 0.4) is 0 Å². The summed E-state index contributed by atoms with van der Waals surface area (Å²) >= 11 is 0. The van der Waals surface area contributed by atoms with Crippen molar-refractivity contribution in [3.63, 3.8) is 0 Å². The number of rotatable bonds is 4. The van der Waals surface area contributed by atoms with Gasteiger partial charge in [-0.3, -0.25) is 0 Å². The van der Waals surface area contributed by atoms with Gasteiger partial charge in [-0.05, 0) is 117 Å². The topological polar surface area (TPSA) is 12.9 Å². The zero-order valence-corrected chi connectivity index (χ0v) is 31.7. The van der Waals surface area contributed by atoms with Crippen molar-refractivity contribution in [3.8, 4) is 44.6 Å². The minimum atomic E-state index is 0.986. The lowest BCUT2D eigenvalue weighted by atomic mass is 9.83. The molecule has 0 spiro atoms. The van der Waals surface area contributed by atoms with Crippen molar-refractivity contribution >= 4 is 75.5 Å². The summed E-state index contributed by atoms with van der Waals surface area (Å²) in [6.45, 7) is 0. The molecule has 12 aromatic rings. The predicted octanol–water partition coefficient (Wildman–Crippen LogP) is 15.8. The maximum Gasteiger partial charge on any atom is 0.0787 e. The highest BCUT2D eigenvalue weighted by Crippen LogP contribution is 2.47. The van der Waals surface area contributed by atoms with Crippen molar-refractivity contribution in [1.29, 1.82) is 0 Å². The van der Waals surface area contributed by atoms with Gasteiger partial charge < -0.3 is 0 Å². The first-order valence-corrected chi connectivity index (χ1v) is 20.0. The van der Waals surface area contributed by atoms with Crippen LogP contribution in [0.5, 0.6) is 0 Å². The maximum atomic E-state index is 5.19. The van der Waals surface area contributed by atoms with Gasteiger partial charge in [0.2, 0.25) is 0 Å².